The van der Waals surface area contributed by atoms with Crippen LogP contribution in [0.4, 0.5) is 0 Å². The second-order valence-corrected chi connectivity index (χ2v) is 5.52. The van der Waals surface area contributed by atoms with Gasteiger partial charge in [0, 0.05) is 0 Å². The van der Waals surface area contributed by atoms with Gasteiger partial charge in [0.1, 0.15) is 11.5 Å². The van der Waals surface area contributed by atoms with Crippen LogP contribution in [0.3, 0.4) is 0 Å². The quantitative estimate of drug-likeness (QED) is 0.789. The van der Waals surface area contributed by atoms with E-state index in [0.717, 1.165) is 11.1 Å². The highest BCUT2D eigenvalue weighted by atomic mass is 16.6. The minimum atomic E-state index is -0.601. The Morgan fingerprint density at radius 1 is 1.21 bits per heavy atom. The Bertz CT molecular complexity index is 693. The van der Waals surface area contributed by atoms with Crippen LogP contribution in [0, 0.1) is 13.8 Å². The van der Waals surface area contributed by atoms with E-state index in [1.165, 1.54) is 6.26 Å². The van der Waals surface area contributed by atoms with E-state index in [2.05, 4.69) is 5.32 Å². The van der Waals surface area contributed by atoms with Gasteiger partial charge >= 0.3 is 5.97 Å². The minimum absolute atomic E-state index is 0.245. The average Bonchev–Trinajstić information content (AvgIpc) is 3.06. The Labute approximate surface area is 140 Å². The van der Waals surface area contributed by atoms with Crippen LogP contribution in [0.2, 0.25) is 0 Å². The number of aryl methyl sites for hydroxylation is 2. The van der Waals surface area contributed by atoms with Gasteiger partial charge in [-0.2, -0.15) is 0 Å². The molecule has 1 aromatic carbocycles. The molecule has 0 aliphatic heterocycles. The summed E-state index contributed by atoms with van der Waals surface area (Å²) in [5.74, 6) is 0.246. The number of carbonyl (C=O) groups is 2. The fourth-order valence-electron chi connectivity index (χ4n) is 2.18. The van der Waals surface area contributed by atoms with Crippen LogP contribution in [0.25, 0.3) is 0 Å². The normalized spacial score (nSPS) is 11.6. The van der Waals surface area contributed by atoms with Crippen molar-refractivity contribution in [3.05, 3.63) is 53.5 Å². The average molecular weight is 331 g/mol. The van der Waals surface area contributed by atoms with Gasteiger partial charge in [-0.15, -0.1) is 0 Å². The molecule has 2 aromatic rings. The van der Waals surface area contributed by atoms with Crippen LogP contribution in [0.5, 0.6) is 5.75 Å². The van der Waals surface area contributed by atoms with Crippen LogP contribution < -0.4 is 10.1 Å². The van der Waals surface area contributed by atoms with Gasteiger partial charge in [-0.3, -0.25) is 4.79 Å². The molecule has 2 rings (SSSR count). The molecule has 1 amide bonds. The summed E-state index contributed by atoms with van der Waals surface area (Å²) in [6, 6.07) is 8.87. The van der Waals surface area contributed by atoms with Crippen molar-refractivity contribution in [3.8, 4) is 5.75 Å². The van der Waals surface area contributed by atoms with Gasteiger partial charge in [-0.05, 0) is 44.5 Å². The lowest BCUT2D eigenvalue weighted by atomic mass is 10.1. The zero-order valence-electron chi connectivity index (χ0n) is 14.0. The van der Waals surface area contributed by atoms with Crippen LogP contribution >= 0.6 is 0 Å². The first-order valence-corrected chi connectivity index (χ1v) is 7.64. The largest absolute Gasteiger partial charge is 0.482 e. The van der Waals surface area contributed by atoms with E-state index in [1.54, 1.807) is 25.1 Å². The van der Waals surface area contributed by atoms with E-state index in [4.69, 9.17) is 13.9 Å². The summed E-state index contributed by atoms with van der Waals surface area (Å²) in [6.45, 7) is 5.05. The Hall–Kier alpha value is -2.76. The molecule has 0 aliphatic rings. The SMILES string of the molecule is Cc1ccc(OCC(=O)OCC(=O)N[C@@H](C)c2ccco2)c(C)c1. The molecule has 0 spiro atoms. The summed E-state index contributed by atoms with van der Waals surface area (Å²) in [7, 11) is 0. The third kappa shape index (κ3) is 5.15. The Morgan fingerprint density at radius 3 is 2.67 bits per heavy atom. The molecule has 0 radical (unpaired) electrons. The third-order valence-electron chi connectivity index (χ3n) is 3.39. The topological polar surface area (TPSA) is 77.8 Å². The van der Waals surface area contributed by atoms with Crippen LogP contribution in [0.1, 0.15) is 29.9 Å². The summed E-state index contributed by atoms with van der Waals surface area (Å²) >= 11 is 0. The molecule has 6 heteroatoms. The number of furan rings is 1. The van der Waals surface area contributed by atoms with E-state index in [1.807, 2.05) is 26.0 Å². The third-order valence-corrected chi connectivity index (χ3v) is 3.39. The molecule has 1 atom stereocenters. The fraction of sp³-hybridized carbons (Fsp3) is 0.333. The van der Waals surface area contributed by atoms with E-state index in [9.17, 15) is 9.59 Å². The van der Waals surface area contributed by atoms with Crippen LogP contribution in [0.15, 0.2) is 41.0 Å². The Kier molecular flexibility index (Phi) is 6.01. The second kappa shape index (κ2) is 8.19. The zero-order valence-corrected chi connectivity index (χ0v) is 14.0. The van der Waals surface area contributed by atoms with E-state index in [-0.39, 0.29) is 19.3 Å². The lowest BCUT2D eigenvalue weighted by molar-refractivity contribution is -0.150. The molecular formula is C18H21NO5. The standard InChI is InChI=1S/C18H21NO5/c1-12-6-7-15(13(2)9-12)23-11-18(21)24-10-17(20)19-14(3)16-5-4-8-22-16/h4-9,14H,10-11H2,1-3H3,(H,19,20)/t14-/m0/s1. The number of rotatable bonds is 7. The van der Waals surface area contributed by atoms with Gasteiger partial charge in [-0.25, -0.2) is 4.79 Å². The van der Waals surface area contributed by atoms with Crippen molar-refractivity contribution in [2.75, 3.05) is 13.2 Å². The summed E-state index contributed by atoms with van der Waals surface area (Å²) in [6.07, 6.45) is 1.53. The Balaban J connectivity index is 1.71. The number of ether oxygens (including phenoxy) is 2. The molecule has 1 heterocycles. The highest BCUT2D eigenvalue weighted by Gasteiger charge is 2.14. The number of amides is 1. The van der Waals surface area contributed by atoms with Gasteiger partial charge in [0.25, 0.3) is 5.91 Å². The summed E-state index contributed by atoms with van der Waals surface area (Å²) in [4.78, 5) is 23.4. The molecule has 1 aromatic heterocycles. The lowest BCUT2D eigenvalue weighted by Gasteiger charge is -2.12. The number of esters is 1. The predicted octanol–water partition coefficient (Wildman–Crippen LogP) is 2.70. The molecule has 0 fully saturated rings. The van der Waals surface area contributed by atoms with Crippen molar-refractivity contribution in [1.82, 2.24) is 5.32 Å². The summed E-state index contributed by atoms with van der Waals surface area (Å²) < 4.78 is 15.5. The van der Waals surface area contributed by atoms with E-state index < -0.39 is 11.9 Å². The molecule has 0 saturated carbocycles. The van der Waals surface area contributed by atoms with Crippen LogP contribution in [-0.2, 0) is 14.3 Å². The molecule has 0 unspecified atom stereocenters. The molecule has 0 bridgehead atoms. The molecule has 1 N–H and O–H groups in total. The van der Waals surface area contributed by atoms with Crippen molar-refractivity contribution in [1.29, 1.82) is 0 Å². The molecule has 0 saturated heterocycles. The van der Waals surface area contributed by atoms with Crippen molar-refractivity contribution in [3.63, 3.8) is 0 Å². The predicted molar refractivity (Wildman–Crippen MR) is 87.6 cm³/mol. The van der Waals surface area contributed by atoms with Gasteiger partial charge in [0.05, 0.1) is 12.3 Å². The molecule has 128 valence electrons. The lowest BCUT2D eigenvalue weighted by Crippen LogP contribution is -2.31. The highest BCUT2D eigenvalue weighted by molar-refractivity contribution is 5.81. The van der Waals surface area contributed by atoms with Gasteiger partial charge in [0.15, 0.2) is 13.2 Å². The first kappa shape index (κ1) is 17.6. The highest BCUT2D eigenvalue weighted by Crippen LogP contribution is 2.18. The number of hydrogen-bond donors (Lipinski definition) is 1. The van der Waals surface area contributed by atoms with Crippen molar-refractivity contribution >= 4 is 11.9 Å². The number of nitrogens with one attached hydrogen (secondary N) is 1. The molecule has 0 aliphatic carbocycles. The number of benzene rings is 1. The first-order chi connectivity index (χ1) is 11.5. The smallest absolute Gasteiger partial charge is 0.344 e. The van der Waals surface area contributed by atoms with Crippen LogP contribution in [-0.4, -0.2) is 25.1 Å². The van der Waals surface area contributed by atoms with Gasteiger partial charge in [0.2, 0.25) is 0 Å². The van der Waals surface area contributed by atoms with Crippen molar-refractivity contribution in [2.24, 2.45) is 0 Å². The van der Waals surface area contributed by atoms with E-state index in [0.29, 0.717) is 11.5 Å². The van der Waals surface area contributed by atoms with E-state index >= 15 is 0 Å². The molecular weight excluding hydrogens is 310 g/mol. The monoisotopic (exact) mass is 331 g/mol. The van der Waals surface area contributed by atoms with Gasteiger partial charge < -0.3 is 19.2 Å². The second-order valence-electron chi connectivity index (χ2n) is 5.52. The molecule has 6 nitrogen and oxygen atoms in total. The zero-order chi connectivity index (χ0) is 17.5. The Morgan fingerprint density at radius 2 is 2.00 bits per heavy atom. The fourth-order valence-corrected chi connectivity index (χ4v) is 2.18. The van der Waals surface area contributed by atoms with Crippen molar-refractivity contribution < 1.29 is 23.5 Å². The maximum atomic E-state index is 11.7. The number of hydrogen-bond acceptors (Lipinski definition) is 5. The summed E-state index contributed by atoms with van der Waals surface area (Å²) in [5, 5.41) is 2.68. The maximum absolute atomic E-state index is 11.7. The molecule has 24 heavy (non-hydrogen) atoms. The number of carbonyl (C=O) groups excluding carboxylic acids is 2. The minimum Gasteiger partial charge on any atom is -0.482 e. The maximum Gasteiger partial charge on any atom is 0.344 e. The summed E-state index contributed by atoms with van der Waals surface area (Å²) in [5.41, 5.74) is 2.05. The first-order valence-electron chi connectivity index (χ1n) is 7.64. The van der Waals surface area contributed by atoms with Gasteiger partial charge in [-0.1, -0.05) is 17.7 Å². The van der Waals surface area contributed by atoms with Crippen molar-refractivity contribution in [2.45, 2.75) is 26.8 Å².